The quantitative estimate of drug-likeness (QED) is 0.332. The Labute approximate surface area is 193 Å². The normalized spacial score (nSPS) is 15.3. The van der Waals surface area contributed by atoms with E-state index in [-0.39, 0.29) is 18.6 Å². The van der Waals surface area contributed by atoms with Crippen LogP contribution in [0.3, 0.4) is 0 Å². The zero-order valence-electron chi connectivity index (χ0n) is 20.2. The molecule has 0 N–H and O–H groups in total. The van der Waals surface area contributed by atoms with E-state index in [2.05, 4.69) is 0 Å². The fourth-order valence-electron chi connectivity index (χ4n) is 2.87. The molecule has 184 valence electrons. The fraction of sp³-hybridized carbons (Fsp3) is 0.520. The van der Waals surface area contributed by atoms with Crippen molar-refractivity contribution in [3.8, 4) is 0 Å². The van der Waals surface area contributed by atoms with Crippen molar-refractivity contribution >= 4 is 11.9 Å². The lowest BCUT2D eigenvalue weighted by Crippen LogP contribution is -2.52. The highest BCUT2D eigenvalue weighted by Gasteiger charge is 2.64. The SMILES string of the molecule is CO[C@](C(=O)O[C@H](CC=C(C)C)/C(C)=C/COC(=O)C(C)(C)C)(c1ccccc1)C(F)(F)F. The molecular formula is C25H33F3O5. The lowest BCUT2D eigenvalue weighted by Gasteiger charge is -2.34. The van der Waals surface area contributed by atoms with E-state index >= 15 is 0 Å². The molecule has 0 aliphatic heterocycles. The minimum atomic E-state index is -5.07. The van der Waals surface area contributed by atoms with E-state index in [1.807, 2.05) is 13.8 Å². The minimum absolute atomic E-state index is 0.0990. The largest absolute Gasteiger partial charge is 0.461 e. The highest BCUT2D eigenvalue weighted by Crippen LogP contribution is 2.43. The molecule has 5 nitrogen and oxygen atoms in total. The summed E-state index contributed by atoms with van der Waals surface area (Å²) in [5.41, 5.74) is -3.01. The summed E-state index contributed by atoms with van der Waals surface area (Å²) in [6.45, 7) is 10.3. The minimum Gasteiger partial charge on any atom is -0.461 e. The Kier molecular flexibility index (Phi) is 9.90. The van der Waals surface area contributed by atoms with Gasteiger partial charge in [-0.3, -0.25) is 4.79 Å². The zero-order valence-corrected chi connectivity index (χ0v) is 20.2. The Hall–Kier alpha value is -2.61. The molecule has 0 fully saturated rings. The van der Waals surface area contributed by atoms with Crippen LogP contribution in [-0.2, 0) is 29.4 Å². The van der Waals surface area contributed by atoms with Crippen LogP contribution in [-0.4, -0.2) is 37.9 Å². The molecule has 1 rings (SSSR count). The van der Waals surface area contributed by atoms with Gasteiger partial charge in [-0.15, -0.1) is 0 Å². The van der Waals surface area contributed by atoms with Gasteiger partial charge in [0.05, 0.1) is 5.41 Å². The van der Waals surface area contributed by atoms with Crippen molar-refractivity contribution in [1.82, 2.24) is 0 Å². The summed E-state index contributed by atoms with van der Waals surface area (Å²) < 4.78 is 57.9. The first-order valence-electron chi connectivity index (χ1n) is 10.5. The van der Waals surface area contributed by atoms with Gasteiger partial charge in [-0.25, -0.2) is 4.79 Å². The topological polar surface area (TPSA) is 61.8 Å². The number of methoxy groups -OCH3 is 1. The molecule has 0 aliphatic carbocycles. The van der Waals surface area contributed by atoms with Crippen molar-refractivity contribution < 1.29 is 37.0 Å². The smallest absolute Gasteiger partial charge is 0.432 e. The van der Waals surface area contributed by atoms with E-state index in [4.69, 9.17) is 14.2 Å². The standard InChI is InChI=1S/C25H33F3O5/c1-17(2)13-14-20(18(3)15-16-32-21(29)23(4,5)6)33-22(30)24(31-7,25(26,27)28)19-11-9-8-10-12-19/h8-13,15,20H,14,16H2,1-7H3/b18-15+/t20-,24+/m1/s1. The van der Waals surface area contributed by atoms with Crippen molar-refractivity contribution in [2.45, 2.75) is 65.8 Å². The first-order valence-corrected chi connectivity index (χ1v) is 10.5. The monoisotopic (exact) mass is 470 g/mol. The van der Waals surface area contributed by atoms with E-state index in [0.717, 1.165) is 24.8 Å². The van der Waals surface area contributed by atoms with Crippen LogP contribution in [0.4, 0.5) is 13.2 Å². The molecule has 0 aliphatic rings. The second kappa shape index (κ2) is 11.5. The summed E-state index contributed by atoms with van der Waals surface area (Å²) in [4.78, 5) is 25.0. The van der Waals surface area contributed by atoms with E-state index in [1.54, 1.807) is 33.8 Å². The molecule has 33 heavy (non-hydrogen) atoms. The molecule has 0 bridgehead atoms. The molecule has 0 radical (unpaired) electrons. The number of allylic oxidation sites excluding steroid dienone is 1. The maximum Gasteiger partial charge on any atom is 0.432 e. The molecule has 2 atom stereocenters. The third kappa shape index (κ3) is 7.45. The van der Waals surface area contributed by atoms with Crippen LogP contribution >= 0.6 is 0 Å². The van der Waals surface area contributed by atoms with Crippen LogP contribution in [0, 0.1) is 5.41 Å². The Morgan fingerprint density at radius 2 is 1.55 bits per heavy atom. The molecule has 0 heterocycles. The van der Waals surface area contributed by atoms with Gasteiger partial charge >= 0.3 is 18.1 Å². The third-order valence-electron chi connectivity index (χ3n) is 4.90. The third-order valence-corrected chi connectivity index (χ3v) is 4.90. The number of benzene rings is 1. The second-order valence-electron chi connectivity index (χ2n) is 8.96. The average Bonchev–Trinajstić information content (AvgIpc) is 2.70. The number of carbonyl (C=O) groups excluding carboxylic acids is 2. The summed E-state index contributed by atoms with van der Waals surface area (Å²) in [6.07, 6.45) is -2.66. The molecule has 1 aromatic carbocycles. The number of halogens is 3. The number of carbonyl (C=O) groups is 2. The van der Waals surface area contributed by atoms with Crippen molar-refractivity contribution in [2.75, 3.05) is 13.7 Å². The number of rotatable bonds is 9. The van der Waals surface area contributed by atoms with Gasteiger partial charge in [0.15, 0.2) is 0 Å². The Bertz CT molecular complexity index is 862. The predicted molar refractivity (Wildman–Crippen MR) is 119 cm³/mol. The molecule has 0 aromatic heterocycles. The van der Waals surface area contributed by atoms with Crippen LogP contribution in [0.15, 0.2) is 53.6 Å². The second-order valence-corrected chi connectivity index (χ2v) is 8.96. The van der Waals surface area contributed by atoms with E-state index in [1.165, 1.54) is 24.3 Å². The van der Waals surface area contributed by atoms with Crippen molar-refractivity contribution in [2.24, 2.45) is 5.41 Å². The number of hydrogen-bond donors (Lipinski definition) is 0. The molecule has 0 unspecified atom stereocenters. The number of esters is 2. The highest BCUT2D eigenvalue weighted by molar-refractivity contribution is 5.83. The molecule has 1 aromatic rings. The Balaban J connectivity index is 3.27. The lowest BCUT2D eigenvalue weighted by molar-refractivity contribution is -0.277. The Morgan fingerprint density at radius 3 is 2.00 bits per heavy atom. The lowest BCUT2D eigenvalue weighted by atomic mass is 9.92. The maximum atomic E-state index is 14.2. The zero-order chi connectivity index (χ0) is 25.4. The number of alkyl halides is 3. The molecule has 0 saturated carbocycles. The van der Waals surface area contributed by atoms with Gasteiger partial charge in [0.25, 0.3) is 5.60 Å². The summed E-state index contributed by atoms with van der Waals surface area (Å²) in [6, 6.07) is 6.64. The fourth-order valence-corrected chi connectivity index (χ4v) is 2.87. The van der Waals surface area contributed by atoms with Crippen molar-refractivity contribution in [1.29, 1.82) is 0 Å². The average molecular weight is 471 g/mol. The Morgan fingerprint density at radius 1 is 0.970 bits per heavy atom. The van der Waals surface area contributed by atoms with Crippen LogP contribution in [0.1, 0.15) is 53.5 Å². The highest BCUT2D eigenvalue weighted by atomic mass is 19.4. The molecule has 0 spiro atoms. The van der Waals surface area contributed by atoms with Gasteiger partial charge in [0.1, 0.15) is 12.7 Å². The van der Waals surface area contributed by atoms with Crippen molar-refractivity contribution in [3.63, 3.8) is 0 Å². The summed E-state index contributed by atoms with van der Waals surface area (Å²) in [5, 5.41) is 0. The van der Waals surface area contributed by atoms with Crippen LogP contribution in [0.25, 0.3) is 0 Å². The number of hydrogen-bond acceptors (Lipinski definition) is 5. The molecule has 0 saturated heterocycles. The van der Waals surface area contributed by atoms with Gasteiger partial charge in [-0.1, -0.05) is 42.0 Å². The van der Waals surface area contributed by atoms with Gasteiger partial charge in [0, 0.05) is 19.1 Å². The van der Waals surface area contributed by atoms with E-state index < -0.39 is 35.2 Å². The van der Waals surface area contributed by atoms with Gasteiger partial charge in [0.2, 0.25) is 0 Å². The van der Waals surface area contributed by atoms with Gasteiger partial charge in [-0.05, 0) is 53.2 Å². The van der Waals surface area contributed by atoms with E-state index in [0.29, 0.717) is 5.57 Å². The van der Waals surface area contributed by atoms with Gasteiger partial charge < -0.3 is 14.2 Å². The van der Waals surface area contributed by atoms with Gasteiger partial charge in [-0.2, -0.15) is 13.2 Å². The van der Waals surface area contributed by atoms with Crippen molar-refractivity contribution in [3.05, 3.63) is 59.2 Å². The van der Waals surface area contributed by atoms with E-state index in [9.17, 15) is 22.8 Å². The van der Waals surface area contributed by atoms with Crippen LogP contribution < -0.4 is 0 Å². The maximum absolute atomic E-state index is 14.2. The van der Waals surface area contributed by atoms with Crippen LogP contribution in [0.2, 0.25) is 0 Å². The molecule has 8 heteroatoms. The number of ether oxygens (including phenoxy) is 3. The van der Waals surface area contributed by atoms with Crippen LogP contribution in [0.5, 0.6) is 0 Å². The molecular weight excluding hydrogens is 437 g/mol. The first-order chi connectivity index (χ1) is 15.2. The summed E-state index contributed by atoms with van der Waals surface area (Å²) in [7, 11) is 0.821. The summed E-state index contributed by atoms with van der Waals surface area (Å²) in [5.74, 6) is -2.00. The summed E-state index contributed by atoms with van der Waals surface area (Å²) >= 11 is 0. The predicted octanol–water partition coefficient (Wildman–Crippen LogP) is 5.89. The molecule has 0 amide bonds. The first kappa shape index (κ1) is 28.4.